The Morgan fingerprint density at radius 2 is 1.70 bits per heavy atom. The second-order valence-electron chi connectivity index (χ2n) is 7.13. The van der Waals surface area contributed by atoms with Crippen molar-refractivity contribution in [2.75, 3.05) is 32.4 Å². The zero-order chi connectivity index (χ0) is 16.9. The summed E-state index contributed by atoms with van der Waals surface area (Å²) in [6.07, 6.45) is 9.11. The van der Waals surface area contributed by atoms with Crippen LogP contribution in [0.4, 0.5) is 0 Å². The van der Waals surface area contributed by atoms with E-state index in [-0.39, 0.29) is 17.6 Å². The summed E-state index contributed by atoms with van der Waals surface area (Å²) in [5.41, 5.74) is 0. The number of amides is 1. The highest BCUT2D eigenvalue weighted by molar-refractivity contribution is 7.89. The maximum atomic E-state index is 12.6. The van der Waals surface area contributed by atoms with Crippen molar-refractivity contribution in [3.8, 4) is 0 Å². The van der Waals surface area contributed by atoms with Crippen LogP contribution in [0.5, 0.6) is 0 Å². The predicted molar refractivity (Wildman–Crippen MR) is 92.6 cm³/mol. The molecule has 0 aromatic rings. The standard InChI is InChI=1S/C17H32N2O3S/c1-3-23(21,22)19-13-10-16(11-14-19)17(20)18(2)12-9-15-7-5-4-6-8-15/h15-16H,3-14H2,1-2H3. The van der Waals surface area contributed by atoms with Gasteiger partial charge in [-0.15, -0.1) is 0 Å². The molecule has 1 heterocycles. The van der Waals surface area contributed by atoms with E-state index < -0.39 is 10.0 Å². The maximum Gasteiger partial charge on any atom is 0.225 e. The molecule has 2 fully saturated rings. The van der Waals surface area contributed by atoms with Crippen molar-refractivity contribution in [3.63, 3.8) is 0 Å². The highest BCUT2D eigenvalue weighted by atomic mass is 32.2. The lowest BCUT2D eigenvalue weighted by molar-refractivity contribution is -0.135. The fourth-order valence-electron chi connectivity index (χ4n) is 3.84. The minimum Gasteiger partial charge on any atom is -0.346 e. The van der Waals surface area contributed by atoms with Gasteiger partial charge in [0.2, 0.25) is 15.9 Å². The predicted octanol–water partition coefficient (Wildman–Crippen LogP) is 2.48. The Bertz CT molecular complexity index is 478. The quantitative estimate of drug-likeness (QED) is 0.744. The van der Waals surface area contributed by atoms with Crippen molar-refractivity contribution in [1.82, 2.24) is 9.21 Å². The smallest absolute Gasteiger partial charge is 0.225 e. The molecule has 1 aliphatic carbocycles. The zero-order valence-corrected chi connectivity index (χ0v) is 15.5. The first-order valence-corrected chi connectivity index (χ1v) is 10.8. The molecule has 0 atom stereocenters. The number of hydrogen-bond acceptors (Lipinski definition) is 3. The van der Waals surface area contributed by atoms with Gasteiger partial charge in [0.05, 0.1) is 5.75 Å². The monoisotopic (exact) mass is 344 g/mol. The van der Waals surface area contributed by atoms with Crippen molar-refractivity contribution < 1.29 is 13.2 Å². The highest BCUT2D eigenvalue weighted by Gasteiger charge is 2.31. The van der Waals surface area contributed by atoms with E-state index in [1.54, 1.807) is 11.2 Å². The van der Waals surface area contributed by atoms with E-state index in [0.29, 0.717) is 25.9 Å². The van der Waals surface area contributed by atoms with Crippen LogP contribution in [-0.2, 0) is 14.8 Å². The number of sulfonamides is 1. The van der Waals surface area contributed by atoms with Crippen molar-refractivity contribution in [2.24, 2.45) is 11.8 Å². The average Bonchev–Trinajstić information content (AvgIpc) is 2.60. The van der Waals surface area contributed by atoms with Crippen LogP contribution >= 0.6 is 0 Å². The largest absolute Gasteiger partial charge is 0.346 e. The van der Waals surface area contributed by atoms with Gasteiger partial charge in [-0.25, -0.2) is 12.7 Å². The molecule has 0 N–H and O–H groups in total. The maximum absolute atomic E-state index is 12.6. The molecule has 6 heteroatoms. The summed E-state index contributed by atoms with van der Waals surface area (Å²) >= 11 is 0. The van der Waals surface area contributed by atoms with Crippen LogP contribution in [0, 0.1) is 11.8 Å². The number of rotatable bonds is 6. The highest BCUT2D eigenvalue weighted by Crippen LogP contribution is 2.27. The summed E-state index contributed by atoms with van der Waals surface area (Å²) in [7, 11) is -1.20. The van der Waals surface area contributed by atoms with Gasteiger partial charge in [0.25, 0.3) is 0 Å². The van der Waals surface area contributed by atoms with Gasteiger partial charge in [-0.2, -0.15) is 0 Å². The number of nitrogens with zero attached hydrogens (tertiary/aromatic N) is 2. The Morgan fingerprint density at radius 1 is 1.09 bits per heavy atom. The summed E-state index contributed by atoms with van der Waals surface area (Å²) in [6, 6.07) is 0. The second kappa shape index (κ2) is 8.47. The molecule has 23 heavy (non-hydrogen) atoms. The molecule has 5 nitrogen and oxygen atoms in total. The van der Waals surface area contributed by atoms with Crippen LogP contribution in [0.3, 0.4) is 0 Å². The van der Waals surface area contributed by atoms with Crippen LogP contribution < -0.4 is 0 Å². The third-order valence-corrected chi connectivity index (χ3v) is 7.42. The second-order valence-corrected chi connectivity index (χ2v) is 9.38. The van der Waals surface area contributed by atoms with Crippen LogP contribution in [0.2, 0.25) is 0 Å². The van der Waals surface area contributed by atoms with Crippen LogP contribution in [0.15, 0.2) is 0 Å². The molecule has 1 amide bonds. The Kier molecular flexibility index (Phi) is 6.89. The SMILES string of the molecule is CCS(=O)(=O)N1CCC(C(=O)N(C)CCC2CCCCC2)CC1. The summed E-state index contributed by atoms with van der Waals surface area (Å²) in [6.45, 7) is 3.49. The molecule has 0 aromatic carbocycles. The lowest BCUT2D eigenvalue weighted by atomic mass is 9.87. The molecule has 134 valence electrons. The molecular formula is C17H32N2O3S. The van der Waals surface area contributed by atoms with Crippen molar-refractivity contribution in [2.45, 2.75) is 58.3 Å². The molecule has 0 bridgehead atoms. The first kappa shape index (κ1) is 18.7. The van der Waals surface area contributed by atoms with E-state index in [1.807, 2.05) is 11.9 Å². The van der Waals surface area contributed by atoms with E-state index >= 15 is 0 Å². The van der Waals surface area contributed by atoms with Crippen LogP contribution in [0.1, 0.15) is 58.3 Å². The Hall–Kier alpha value is -0.620. The molecule has 0 radical (unpaired) electrons. The zero-order valence-electron chi connectivity index (χ0n) is 14.7. The Balaban J connectivity index is 1.75. The minimum absolute atomic E-state index is 0.00494. The van der Waals surface area contributed by atoms with E-state index in [1.165, 1.54) is 32.1 Å². The van der Waals surface area contributed by atoms with Crippen LogP contribution in [0.25, 0.3) is 0 Å². The lowest BCUT2D eigenvalue weighted by Crippen LogP contribution is -2.44. The van der Waals surface area contributed by atoms with E-state index in [0.717, 1.165) is 18.9 Å². The molecule has 1 saturated carbocycles. The van der Waals surface area contributed by atoms with Crippen molar-refractivity contribution in [1.29, 1.82) is 0 Å². The fraction of sp³-hybridized carbons (Fsp3) is 0.941. The van der Waals surface area contributed by atoms with E-state index in [9.17, 15) is 13.2 Å². The number of hydrogen-bond donors (Lipinski definition) is 0. The fourth-order valence-corrected chi connectivity index (χ4v) is 4.97. The summed E-state index contributed by atoms with van der Waals surface area (Å²) < 4.78 is 25.3. The third kappa shape index (κ3) is 5.18. The Labute approximate surface area is 141 Å². The number of carbonyl (C=O) groups is 1. The van der Waals surface area contributed by atoms with Gasteiger partial charge in [-0.05, 0) is 32.1 Å². The van der Waals surface area contributed by atoms with Crippen molar-refractivity contribution in [3.05, 3.63) is 0 Å². The molecule has 2 rings (SSSR count). The molecule has 0 unspecified atom stereocenters. The molecule has 1 saturated heterocycles. The van der Waals surface area contributed by atoms with Gasteiger partial charge in [-0.3, -0.25) is 4.79 Å². The molecule has 1 aliphatic heterocycles. The van der Waals surface area contributed by atoms with Gasteiger partial charge in [0.15, 0.2) is 0 Å². The van der Waals surface area contributed by atoms with E-state index in [4.69, 9.17) is 0 Å². The van der Waals surface area contributed by atoms with Gasteiger partial charge < -0.3 is 4.90 Å². The van der Waals surface area contributed by atoms with E-state index in [2.05, 4.69) is 0 Å². The number of piperidine rings is 1. The Morgan fingerprint density at radius 3 is 2.26 bits per heavy atom. The van der Waals surface area contributed by atoms with Gasteiger partial charge in [-0.1, -0.05) is 32.1 Å². The van der Waals surface area contributed by atoms with Gasteiger partial charge in [0.1, 0.15) is 0 Å². The summed E-state index contributed by atoms with van der Waals surface area (Å²) in [5.74, 6) is 1.13. The van der Waals surface area contributed by atoms with Crippen LogP contribution in [-0.4, -0.2) is 56.0 Å². The number of carbonyl (C=O) groups excluding carboxylic acids is 1. The first-order chi connectivity index (χ1) is 10.9. The molecular weight excluding hydrogens is 312 g/mol. The molecule has 0 aromatic heterocycles. The minimum atomic E-state index is -3.11. The molecule has 2 aliphatic rings. The van der Waals surface area contributed by atoms with Gasteiger partial charge in [0, 0.05) is 32.6 Å². The molecule has 0 spiro atoms. The van der Waals surface area contributed by atoms with Gasteiger partial charge >= 0.3 is 0 Å². The first-order valence-electron chi connectivity index (χ1n) is 9.17. The average molecular weight is 345 g/mol. The summed E-state index contributed by atoms with van der Waals surface area (Å²) in [5, 5.41) is 0. The topological polar surface area (TPSA) is 57.7 Å². The lowest BCUT2D eigenvalue weighted by Gasteiger charge is -2.33. The summed E-state index contributed by atoms with van der Waals surface area (Å²) in [4.78, 5) is 14.4. The third-order valence-electron chi connectivity index (χ3n) is 5.54. The van der Waals surface area contributed by atoms with Crippen molar-refractivity contribution >= 4 is 15.9 Å². The normalized spacial score (nSPS) is 22.2.